The van der Waals surface area contributed by atoms with E-state index in [-0.39, 0.29) is 18.6 Å². The van der Waals surface area contributed by atoms with E-state index in [0.29, 0.717) is 11.5 Å². The molecule has 5 nitrogen and oxygen atoms in total. The van der Waals surface area contributed by atoms with Crippen LogP contribution in [0.2, 0.25) is 0 Å². The third kappa shape index (κ3) is 1.86. The zero-order valence-electron chi connectivity index (χ0n) is 6.00. The summed E-state index contributed by atoms with van der Waals surface area (Å²) >= 11 is 0. The van der Waals surface area contributed by atoms with Crippen LogP contribution in [-0.2, 0) is 13.1 Å². The Bertz CT molecular complexity index is 268. The average molecular weight is 154 g/mol. The lowest BCUT2D eigenvalue weighted by atomic mass is 10.4. The summed E-state index contributed by atoms with van der Waals surface area (Å²) in [4.78, 5) is 17.3. The molecule has 60 valence electrons. The molecule has 0 aromatic carbocycles. The van der Waals surface area contributed by atoms with Crippen molar-refractivity contribution in [1.82, 2.24) is 9.97 Å². The van der Waals surface area contributed by atoms with Crippen LogP contribution < -0.4 is 17.0 Å². The van der Waals surface area contributed by atoms with Crippen molar-refractivity contribution in [1.29, 1.82) is 0 Å². The molecule has 0 amide bonds. The maximum absolute atomic E-state index is 10.8. The van der Waals surface area contributed by atoms with Crippen molar-refractivity contribution in [3.8, 4) is 0 Å². The molecule has 0 aliphatic rings. The number of hydrogen-bond donors (Lipinski definition) is 3. The molecular weight excluding hydrogens is 144 g/mol. The minimum atomic E-state index is -0.207. The van der Waals surface area contributed by atoms with Gasteiger partial charge in [0.15, 0.2) is 0 Å². The largest absolute Gasteiger partial charge is 0.325 e. The van der Waals surface area contributed by atoms with Gasteiger partial charge in [0, 0.05) is 12.6 Å². The zero-order chi connectivity index (χ0) is 8.27. The Morgan fingerprint density at radius 3 is 2.73 bits per heavy atom. The van der Waals surface area contributed by atoms with E-state index in [0.717, 1.165) is 0 Å². The number of nitrogens with one attached hydrogen (secondary N) is 1. The van der Waals surface area contributed by atoms with Crippen LogP contribution in [0.5, 0.6) is 0 Å². The molecule has 5 N–H and O–H groups in total. The van der Waals surface area contributed by atoms with Crippen molar-refractivity contribution < 1.29 is 0 Å². The lowest BCUT2D eigenvalue weighted by Gasteiger charge is -1.97. The van der Waals surface area contributed by atoms with E-state index in [4.69, 9.17) is 11.5 Å². The van der Waals surface area contributed by atoms with Crippen LogP contribution in [0.25, 0.3) is 0 Å². The van der Waals surface area contributed by atoms with Gasteiger partial charge in [0.1, 0.15) is 5.82 Å². The van der Waals surface area contributed by atoms with E-state index >= 15 is 0 Å². The van der Waals surface area contributed by atoms with E-state index < -0.39 is 0 Å². The summed E-state index contributed by atoms with van der Waals surface area (Å²) in [7, 11) is 0. The number of H-pyrrole nitrogens is 1. The fourth-order valence-electron chi connectivity index (χ4n) is 0.764. The van der Waals surface area contributed by atoms with Crippen molar-refractivity contribution in [2.24, 2.45) is 11.5 Å². The molecular formula is C6H10N4O. The van der Waals surface area contributed by atoms with Gasteiger partial charge in [-0.25, -0.2) is 4.98 Å². The molecule has 0 bridgehead atoms. The van der Waals surface area contributed by atoms with Gasteiger partial charge < -0.3 is 16.5 Å². The molecule has 1 aromatic heterocycles. The van der Waals surface area contributed by atoms with Gasteiger partial charge in [-0.3, -0.25) is 4.79 Å². The van der Waals surface area contributed by atoms with Gasteiger partial charge in [-0.05, 0) is 0 Å². The summed E-state index contributed by atoms with van der Waals surface area (Å²) in [6.45, 7) is 0.486. The van der Waals surface area contributed by atoms with E-state index in [1.807, 2.05) is 0 Å². The SMILES string of the molecule is NCc1cc(=O)[nH]c(CN)n1. The number of aromatic nitrogens is 2. The second kappa shape index (κ2) is 3.27. The molecule has 1 rings (SSSR count). The Balaban J connectivity index is 3.12. The molecule has 0 atom stereocenters. The number of rotatable bonds is 2. The fraction of sp³-hybridized carbons (Fsp3) is 0.333. The summed E-state index contributed by atoms with van der Waals surface area (Å²) < 4.78 is 0. The Labute approximate surface area is 63.4 Å². The predicted octanol–water partition coefficient (Wildman–Crippen LogP) is -1.31. The van der Waals surface area contributed by atoms with Crippen molar-refractivity contribution in [2.45, 2.75) is 13.1 Å². The minimum absolute atomic E-state index is 0.207. The number of nitrogens with zero attached hydrogens (tertiary/aromatic N) is 1. The average Bonchev–Trinajstić information content (AvgIpc) is 2.03. The van der Waals surface area contributed by atoms with Crippen molar-refractivity contribution in [3.63, 3.8) is 0 Å². The molecule has 0 fully saturated rings. The number of hydrogen-bond acceptors (Lipinski definition) is 4. The van der Waals surface area contributed by atoms with Gasteiger partial charge in [0.2, 0.25) is 0 Å². The molecule has 0 aliphatic heterocycles. The van der Waals surface area contributed by atoms with Crippen LogP contribution in [-0.4, -0.2) is 9.97 Å². The van der Waals surface area contributed by atoms with Crippen molar-refractivity contribution >= 4 is 0 Å². The van der Waals surface area contributed by atoms with E-state index in [1.54, 1.807) is 0 Å². The summed E-state index contributed by atoms with van der Waals surface area (Å²) in [6.07, 6.45) is 0. The fourth-order valence-corrected chi connectivity index (χ4v) is 0.764. The highest BCUT2D eigenvalue weighted by molar-refractivity contribution is 5.01. The molecule has 1 heterocycles. The topological polar surface area (TPSA) is 97.8 Å². The first-order valence-electron chi connectivity index (χ1n) is 3.25. The van der Waals surface area contributed by atoms with Gasteiger partial charge in [-0.2, -0.15) is 0 Å². The van der Waals surface area contributed by atoms with Crippen LogP contribution in [0.3, 0.4) is 0 Å². The Hall–Kier alpha value is -1.20. The van der Waals surface area contributed by atoms with Crippen molar-refractivity contribution in [3.05, 3.63) is 27.9 Å². The summed E-state index contributed by atoms with van der Waals surface area (Å²) in [5, 5.41) is 0. The summed E-state index contributed by atoms with van der Waals surface area (Å²) in [5.74, 6) is 0.470. The monoisotopic (exact) mass is 154 g/mol. The van der Waals surface area contributed by atoms with Crippen LogP contribution in [0.15, 0.2) is 10.9 Å². The van der Waals surface area contributed by atoms with Gasteiger partial charge in [0.05, 0.1) is 12.2 Å². The normalized spacial score (nSPS) is 10.0. The lowest BCUT2D eigenvalue weighted by molar-refractivity contribution is 0.844. The standard InChI is InChI=1S/C6H10N4O/c7-2-4-1-6(11)10-5(3-8)9-4/h1H,2-3,7-8H2,(H,9,10,11). The lowest BCUT2D eigenvalue weighted by Crippen LogP contribution is -2.16. The number of aromatic amines is 1. The Kier molecular flexibility index (Phi) is 2.35. The Morgan fingerprint density at radius 2 is 2.18 bits per heavy atom. The smallest absolute Gasteiger partial charge is 0.251 e. The van der Waals surface area contributed by atoms with E-state index in [9.17, 15) is 4.79 Å². The predicted molar refractivity (Wildman–Crippen MR) is 40.6 cm³/mol. The minimum Gasteiger partial charge on any atom is -0.325 e. The van der Waals surface area contributed by atoms with Crippen LogP contribution in [0.1, 0.15) is 11.5 Å². The van der Waals surface area contributed by atoms with Gasteiger partial charge in [-0.15, -0.1) is 0 Å². The quantitative estimate of drug-likeness (QED) is 0.492. The number of nitrogens with two attached hydrogens (primary N) is 2. The molecule has 0 radical (unpaired) electrons. The molecule has 0 aliphatic carbocycles. The van der Waals surface area contributed by atoms with E-state index in [1.165, 1.54) is 6.07 Å². The summed E-state index contributed by atoms with van der Waals surface area (Å²) in [5.41, 5.74) is 10.9. The molecule has 0 unspecified atom stereocenters. The molecule has 1 aromatic rings. The first-order chi connectivity index (χ1) is 5.26. The highest BCUT2D eigenvalue weighted by Gasteiger charge is 1.96. The molecule has 11 heavy (non-hydrogen) atoms. The second-order valence-electron chi connectivity index (χ2n) is 2.09. The maximum atomic E-state index is 10.8. The Morgan fingerprint density at radius 1 is 1.45 bits per heavy atom. The molecule has 0 saturated carbocycles. The van der Waals surface area contributed by atoms with Crippen LogP contribution in [0, 0.1) is 0 Å². The first kappa shape index (κ1) is 7.90. The highest BCUT2D eigenvalue weighted by atomic mass is 16.1. The summed E-state index contributed by atoms with van der Waals surface area (Å²) in [6, 6.07) is 1.36. The molecule has 0 spiro atoms. The molecule has 0 saturated heterocycles. The zero-order valence-corrected chi connectivity index (χ0v) is 6.00. The van der Waals surface area contributed by atoms with Gasteiger partial charge in [-0.1, -0.05) is 0 Å². The molecule has 5 heteroatoms. The van der Waals surface area contributed by atoms with Crippen LogP contribution >= 0.6 is 0 Å². The highest BCUT2D eigenvalue weighted by Crippen LogP contribution is 1.88. The van der Waals surface area contributed by atoms with E-state index in [2.05, 4.69) is 9.97 Å². The van der Waals surface area contributed by atoms with Crippen LogP contribution in [0.4, 0.5) is 0 Å². The maximum Gasteiger partial charge on any atom is 0.251 e. The second-order valence-corrected chi connectivity index (χ2v) is 2.09. The van der Waals surface area contributed by atoms with Crippen molar-refractivity contribution in [2.75, 3.05) is 0 Å². The third-order valence-corrected chi connectivity index (χ3v) is 1.25. The van der Waals surface area contributed by atoms with Gasteiger partial charge in [0.25, 0.3) is 5.56 Å². The van der Waals surface area contributed by atoms with Gasteiger partial charge >= 0.3 is 0 Å². The first-order valence-corrected chi connectivity index (χ1v) is 3.25. The third-order valence-electron chi connectivity index (χ3n) is 1.25.